The summed E-state index contributed by atoms with van der Waals surface area (Å²) in [5.41, 5.74) is 1.85. The molecule has 0 aliphatic carbocycles. The number of fused-ring (bicyclic) bond motifs is 1. The minimum absolute atomic E-state index is 0.0458. The number of likely N-dealkylation sites (N-methyl/N-ethyl adjacent to an activating group) is 1. The molecule has 0 saturated carbocycles. The molecule has 6 nitrogen and oxygen atoms in total. The molecule has 30 heavy (non-hydrogen) atoms. The Morgan fingerprint density at radius 2 is 1.70 bits per heavy atom. The van der Waals surface area contributed by atoms with E-state index < -0.39 is 0 Å². The third-order valence-electron chi connectivity index (χ3n) is 4.62. The first-order chi connectivity index (χ1) is 14.5. The number of anilines is 1. The summed E-state index contributed by atoms with van der Waals surface area (Å²) < 4.78 is 12.1. The Morgan fingerprint density at radius 1 is 1.03 bits per heavy atom. The number of benzene rings is 2. The molecule has 160 valence electrons. The van der Waals surface area contributed by atoms with Crippen LogP contribution in [0.2, 0.25) is 0 Å². The van der Waals surface area contributed by atoms with Gasteiger partial charge in [-0.2, -0.15) is 0 Å². The summed E-state index contributed by atoms with van der Waals surface area (Å²) in [7, 11) is 4.17. The lowest BCUT2D eigenvalue weighted by Crippen LogP contribution is -3.06. The van der Waals surface area contributed by atoms with E-state index >= 15 is 0 Å². The van der Waals surface area contributed by atoms with Gasteiger partial charge in [-0.05, 0) is 49.7 Å². The Hall–Kier alpha value is -2.64. The van der Waals surface area contributed by atoms with Crippen molar-refractivity contribution in [2.24, 2.45) is 0 Å². The summed E-state index contributed by atoms with van der Waals surface area (Å²) >= 11 is 1.53. The first-order valence-corrected chi connectivity index (χ1v) is 11.2. The zero-order valence-corrected chi connectivity index (χ0v) is 18.9. The fraction of sp³-hybridized carbons (Fsp3) is 0.391. The molecular weight excluding hydrogens is 398 g/mol. The van der Waals surface area contributed by atoms with Crippen molar-refractivity contribution in [3.63, 3.8) is 0 Å². The van der Waals surface area contributed by atoms with Gasteiger partial charge < -0.3 is 14.4 Å². The Kier molecular flexibility index (Phi) is 7.65. The smallest absolute Gasteiger partial charge is 0.233 e. The van der Waals surface area contributed by atoms with E-state index in [2.05, 4.69) is 14.1 Å². The summed E-state index contributed by atoms with van der Waals surface area (Å²) in [6, 6.07) is 13.6. The number of ether oxygens (including phenoxy) is 2. The first kappa shape index (κ1) is 22.1. The maximum atomic E-state index is 13.2. The Morgan fingerprint density at radius 3 is 2.37 bits per heavy atom. The van der Waals surface area contributed by atoms with E-state index in [1.54, 1.807) is 0 Å². The van der Waals surface area contributed by atoms with Crippen molar-refractivity contribution in [3.05, 3.63) is 48.0 Å². The first-order valence-electron chi connectivity index (χ1n) is 10.3. The summed E-state index contributed by atoms with van der Waals surface area (Å²) in [5.74, 6) is 1.69. The molecule has 0 radical (unpaired) electrons. The monoisotopic (exact) mass is 428 g/mol. The maximum Gasteiger partial charge on any atom is 0.233 e. The van der Waals surface area contributed by atoms with Gasteiger partial charge in [0.25, 0.3) is 0 Å². The third-order valence-corrected chi connectivity index (χ3v) is 5.66. The summed E-state index contributed by atoms with van der Waals surface area (Å²) in [5, 5.41) is 0.732. The van der Waals surface area contributed by atoms with Crippen molar-refractivity contribution in [2.45, 2.75) is 20.3 Å². The zero-order valence-electron chi connectivity index (χ0n) is 18.1. The van der Waals surface area contributed by atoms with Crippen molar-refractivity contribution in [1.82, 2.24) is 4.98 Å². The van der Waals surface area contributed by atoms with Gasteiger partial charge in [0.1, 0.15) is 11.5 Å². The van der Waals surface area contributed by atoms with E-state index in [0.717, 1.165) is 39.0 Å². The van der Waals surface area contributed by atoms with Crippen molar-refractivity contribution in [1.29, 1.82) is 0 Å². The van der Waals surface area contributed by atoms with Gasteiger partial charge in [-0.15, -0.1) is 0 Å². The Balaban J connectivity index is 1.82. The van der Waals surface area contributed by atoms with Crippen LogP contribution < -0.4 is 19.3 Å². The molecule has 0 aliphatic rings. The second-order valence-electron chi connectivity index (χ2n) is 7.32. The van der Waals surface area contributed by atoms with Crippen molar-refractivity contribution < 1.29 is 19.2 Å². The fourth-order valence-electron chi connectivity index (χ4n) is 3.07. The highest BCUT2D eigenvalue weighted by Crippen LogP contribution is 2.31. The number of rotatable bonds is 10. The predicted octanol–water partition coefficient (Wildman–Crippen LogP) is 2.81. The van der Waals surface area contributed by atoms with Crippen LogP contribution in [0.3, 0.4) is 0 Å². The van der Waals surface area contributed by atoms with Crippen LogP contribution in [0.5, 0.6) is 11.5 Å². The number of nitrogens with one attached hydrogen (secondary N) is 1. The van der Waals surface area contributed by atoms with Crippen LogP contribution in [-0.4, -0.2) is 51.3 Å². The van der Waals surface area contributed by atoms with Crippen molar-refractivity contribution in [3.8, 4) is 11.5 Å². The number of amides is 1. The molecule has 0 fully saturated rings. The van der Waals surface area contributed by atoms with Crippen LogP contribution in [0.25, 0.3) is 10.2 Å². The number of thiazole rings is 1. The average molecular weight is 429 g/mol. The predicted molar refractivity (Wildman–Crippen MR) is 122 cm³/mol. The molecule has 1 N–H and O–H groups in total. The molecule has 1 amide bonds. The SMILES string of the molecule is CCOc1ccc(CC(=O)N(CC[NH+](C)C)c2nc3ccc(OCC)cc3s2)cc1. The molecule has 0 atom stereocenters. The molecule has 1 aromatic heterocycles. The van der Waals surface area contributed by atoms with Gasteiger partial charge in [-0.1, -0.05) is 23.5 Å². The van der Waals surface area contributed by atoms with Gasteiger partial charge in [-0.25, -0.2) is 4.98 Å². The highest BCUT2D eigenvalue weighted by molar-refractivity contribution is 7.22. The standard InChI is InChI=1S/C23H29N3O3S/c1-5-28-18-9-7-17(8-10-18)15-22(27)26(14-13-25(3)4)23-24-20-12-11-19(29-6-2)16-21(20)30-23/h7-12,16H,5-6,13-15H2,1-4H3/p+1. The minimum atomic E-state index is 0.0458. The molecule has 0 aliphatic heterocycles. The van der Waals surface area contributed by atoms with Gasteiger partial charge in [-0.3, -0.25) is 9.69 Å². The molecular formula is C23H30N3O3S+. The van der Waals surface area contributed by atoms with E-state index in [0.29, 0.717) is 26.2 Å². The largest absolute Gasteiger partial charge is 0.494 e. The average Bonchev–Trinajstić information content (AvgIpc) is 3.13. The molecule has 0 unspecified atom stereocenters. The van der Waals surface area contributed by atoms with Gasteiger partial charge >= 0.3 is 0 Å². The highest BCUT2D eigenvalue weighted by atomic mass is 32.1. The number of nitrogens with zero attached hydrogens (tertiary/aromatic N) is 2. The van der Waals surface area contributed by atoms with Gasteiger partial charge in [0, 0.05) is 0 Å². The molecule has 0 spiro atoms. The van der Waals surface area contributed by atoms with E-state index in [4.69, 9.17) is 14.5 Å². The molecule has 3 rings (SSSR count). The molecule has 0 saturated heterocycles. The summed E-state index contributed by atoms with van der Waals surface area (Å²) in [6.07, 6.45) is 0.329. The van der Waals surface area contributed by atoms with Crippen molar-refractivity contribution >= 4 is 32.6 Å². The lowest BCUT2D eigenvalue weighted by Gasteiger charge is -2.20. The van der Waals surface area contributed by atoms with Crippen LogP contribution in [0, 0.1) is 0 Å². The molecule has 3 aromatic rings. The zero-order chi connectivity index (χ0) is 21.5. The topological polar surface area (TPSA) is 56.1 Å². The van der Waals surface area contributed by atoms with Gasteiger partial charge in [0.2, 0.25) is 5.91 Å². The quantitative estimate of drug-likeness (QED) is 0.540. The van der Waals surface area contributed by atoms with Crippen molar-refractivity contribution in [2.75, 3.05) is 45.3 Å². The number of aromatic nitrogens is 1. The lowest BCUT2D eigenvalue weighted by atomic mass is 10.1. The number of hydrogen-bond acceptors (Lipinski definition) is 5. The van der Waals surface area contributed by atoms with E-state index in [9.17, 15) is 4.79 Å². The number of hydrogen-bond donors (Lipinski definition) is 1. The fourth-order valence-corrected chi connectivity index (χ4v) is 4.10. The van der Waals surface area contributed by atoms with Crippen LogP contribution in [-0.2, 0) is 11.2 Å². The lowest BCUT2D eigenvalue weighted by molar-refractivity contribution is -0.856. The number of carbonyl (C=O) groups is 1. The van der Waals surface area contributed by atoms with Crippen LogP contribution in [0.15, 0.2) is 42.5 Å². The minimum Gasteiger partial charge on any atom is -0.494 e. The molecule has 7 heteroatoms. The Labute approximate surface area is 182 Å². The highest BCUT2D eigenvalue weighted by Gasteiger charge is 2.21. The van der Waals surface area contributed by atoms with Crippen LogP contribution in [0.1, 0.15) is 19.4 Å². The third kappa shape index (κ3) is 5.70. The van der Waals surface area contributed by atoms with Crippen LogP contribution in [0.4, 0.5) is 5.13 Å². The van der Waals surface area contributed by atoms with Gasteiger partial charge in [0.05, 0.1) is 57.0 Å². The molecule has 2 aromatic carbocycles. The van der Waals surface area contributed by atoms with Gasteiger partial charge in [0.15, 0.2) is 5.13 Å². The van der Waals surface area contributed by atoms with Crippen LogP contribution >= 0.6 is 11.3 Å². The Bertz CT molecular complexity index is 969. The van der Waals surface area contributed by atoms with E-state index in [1.807, 2.05) is 61.2 Å². The molecule has 1 heterocycles. The second kappa shape index (κ2) is 10.4. The maximum absolute atomic E-state index is 13.2. The summed E-state index contributed by atoms with van der Waals surface area (Å²) in [6.45, 7) is 6.63. The number of quaternary nitrogens is 1. The van der Waals surface area contributed by atoms with E-state index in [1.165, 1.54) is 16.2 Å². The summed E-state index contributed by atoms with van der Waals surface area (Å²) in [4.78, 5) is 21.0. The normalized spacial score (nSPS) is 11.1. The molecule has 0 bridgehead atoms. The number of carbonyl (C=O) groups excluding carboxylic acids is 1. The second-order valence-corrected chi connectivity index (χ2v) is 8.32. The van der Waals surface area contributed by atoms with E-state index in [-0.39, 0.29) is 5.91 Å².